The summed E-state index contributed by atoms with van der Waals surface area (Å²) in [4.78, 5) is 0. The molecule has 18 heavy (non-hydrogen) atoms. The highest BCUT2D eigenvalue weighted by Gasteiger charge is 2.00. The largest absolute Gasteiger partial charge is 0.385 e. The molecule has 1 N–H and O–H groups in total. The summed E-state index contributed by atoms with van der Waals surface area (Å²) in [5.74, 6) is 0. The van der Waals surface area contributed by atoms with Gasteiger partial charge in [0.2, 0.25) is 0 Å². The van der Waals surface area contributed by atoms with Gasteiger partial charge in [-0.3, -0.25) is 0 Å². The second kappa shape index (κ2) is 6.82. The molecule has 0 saturated carbocycles. The predicted molar refractivity (Wildman–Crippen MR) is 75.8 cm³/mol. The van der Waals surface area contributed by atoms with E-state index in [1.807, 2.05) is 18.2 Å². The maximum Gasteiger partial charge on any atom is 0.0715 e. The van der Waals surface area contributed by atoms with E-state index in [1.165, 1.54) is 16.8 Å². The maximum atomic E-state index is 5.21. The highest BCUT2D eigenvalue weighted by atomic mass is 16.5. The van der Waals surface area contributed by atoms with E-state index in [-0.39, 0.29) is 0 Å². The summed E-state index contributed by atoms with van der Waals surface area (Å²) < 4.78 is 5.21. The fourth-order valence-electron chi connectivity index (χ4n) is 2.00. The van der Waals surface area contributed by atoms with Crippen LogP contribution >= 0.6 is 0 Å². The zero-order valence-electron chi connectivity index (χ0n) is 10.7. The molecule has 0 unspecified atom stereocenters. The normalized spacial score (nSPS) is 10.3. The average Bonchev–Trinajstić information content (AvgIpc) is 2.42. The molecule has 0 atom stereocenters. The summed E-state index contributed by atoms with van der Waals surface area (Å²) in [6, 6.07) is 18.7. The van der Waals surface area contributed by atoms with E-state index in [0.29, 0.717) is 6.61 Å². The quantitative estimate of drug-likeness (QED) is 0.836. The van der Waals surface area contributed by atoms with Crippen LogP contribution in [0.15, 0.2) is 54.6 Å². The number of ether oxygens (including phenoxy) is 1. The van der Waals surface area contributed by atoms with Gasteiger partial charge in [0.1, 0.15) is 0 Å². The Hall–Kier alpha value is -1.80. The van der Waals surface area contributed by atoms with Crippen LogP contribution in [0, 0.1) is 0 Å². The first-order chi connectivity index (χ1) is 8.90. The average molecular weight is 241 g/mol. The fraction of sp³-hybridized carbons (Fsp3) is 0.250. The van der Waals surface area contributed by atoms with Gasteiger partial charge in [0.25, 0.3) is 0 Å². The van der Waals surface area contributed by atoms with Gasteiger partial charge in [-0.25, -0.2) is 0 Å². The van der Waals surface area contributed by atoms with E-state index >= 15 is 0 Å². The third kappa shape index (κ3) is 3.60. The van der Waals surface area contributed by atoms with E-state index in [4.69, 9.17) is 4.74 Å². The maximum absolute atomic E-state index is 5.21. The zero-order chi connectivity index (χ0) is 12.6. The van der Waals surface area contributed by atoms with Crippen molar-refractivity contribution in [3.05, 3.63) is 65.7 Å². The van der Waals surface area contributed by atoms with Gasteiger partial charge in [-0.2, -0.15) is 0 Å². The molecule has 0 radical (unpaired) electrons. The van der Waals surface area contributed by atoms with E-state index in [2.05, 4.69) is 41.7 Å². The molecule has 0 saturated heterocycles. The highest BCUT2D eigenvalue weighted by molar-refractivity contribution is 5.42. The van der Waals surface area contributed by atoms with Gasteiger partial charge in [-0.05, 0) is 29.7 Å². The Bertz CT molecular complexity index is 468. The number of anilines is 1. The number of methoxy groups -OCH3 is 1. The smallest absolute Gasteiger partial charge is 0.0715 e. The van der Waals surface area contributed by atoms with Crippen LogP contribution in [-0.4, -0.2) is 13.7 Å². The summed E-state index contributed by atoms with van der Waals surface area (Å²) in [5.41, 5.74) is 3.79. The molecule has 2 aromatic carbocycles. The Morgan fingerprint density at radius 2 is 1.56 bits per heavy atom. The molecule has 0 aliphatic heterocycles. The number of rotatable bonds is 6. The van der Waals surface area contributed by atoms with Crippen molar-refractivity contribution >= 4 is 5.69 Å². The van der Waals surface area contributed by atoms with Crippen molar-refractivity contribution in [2.75, 3.05) is 19.0 Å². The Morgan fingerprint density at radius 1 is 0.889 bits per heavy atom. The molecular weight excluding hydrogens is 222 g/mol. The molecule has 2 heteroatoms. The van der Waals surface area contributed by atoms with Crippen LogP contribution in [0.25, 0.3) is 0 Å². The SMILES string of the molecule is COCc1ccccc1CCNc1ccccc1. The van der Waals surface area contributed by atoms with Crippen molar-refractivity contribution < 1.29 is 4.74 Å². The van der Waals surface area contributed by atoms with Gasteiger partial charge in [-0.15, -0.1) is 0 Å². The van der Waals surface area contributed by atoms with Gasteiger partial charge in [0.05, 0.1) is 6.61 Å². The third-order valence-corrected chi connectivity index (χ3v) is 2.92. The lowest BCUT2D eigenvalue weighted by Gasteiger charge is -2.10. The number of para-hydroxylation sites is 1. The summed E-state index contributed by atoms with van der Waals surface area (Å²) in [6.45, 7) is 1.62. The van der Waals surface area contributed by atoms with Crippen LogP contribution in [0.4, 0.5) is 5.69 Å². The molecule has 0 aliphatic carbocycles. The Morgan fingerprint density at radius 3 is 2.28 bits per heavy atom. The lowest BCUT2D eigenvalue weighted by molar-refractivity contribution is 0.184. The fourth-order valence-corrected chi connectivity index (χ4v) is 2.00. The summed E-state index contributed by atoms with van der Waals surface area (Å²) >= 11 is 0. The first-order valence-electron chi connectivity index (χ1n) is 6.25. The Labute approximate surface area is 109 Å². The molecule has 2 rings (SSSR count). The second-order valence-corrected chi connectivity index (χ2v) is 4.24. The van der Waals surface area contributed by atoms with Gasteiger partial charge < -0.3 is 10.1 Å². The molecule has 0 aliphatic rings. The van der Waals surface area contributed by atoms with Crippen molar-refractivity contribution in [1.29, 1.82) is 0 Å². The molecule has 0 fully saturated rings. The number of hydrogen-bond acceptors (Lipinski definition) is 2. The lowest BCUT2D eigenvalue weighted by Crippen LogP contribution is -2.06. The minimum absolute atomic E-state index is 0.682. The standard InChI is InChI=1S/C16H19NO/c1-18-13-15-8-6-5-7-14(15)11-12-17-16-9-3-2-4-10-16/h2-10,17H,11-13H2,1H3. The van der Waals surface area contributed by atoms with E-state index < -0.39 is 0 Å². The van der Waals surface area contributed by atoms with Crippen molar-refractivity contribution in [3.8, 4) is 0 Å². The van der Waals surface area contributed by atoms with Crippen LogP contribution in [0.2, 0.25) is 0 Å². The van der Waals surface area contributed by atoms with Crippen LogP contribution in [0.1, 0.15) is 11.1 Å². The minimum atomic E-state index is 0.682. The lowest BCUT2D eigenvalue weighted by atomic mass is 10.1. The van der Waals surface area contributed by atoms with Crippen LogP contribution in [0.5, 0.6) is 0 Å². The van der Waals surface area contributed by atoms with Gasteiger partial charge in [-0.1, -0.05) is 42.5 Å². The van der Waals surface area contributed by atoms with Crippen LogP contribution in [-0.2, 0) is 17.8 Å². The Balaban J connectivity index is 1.90. The van der Waals surface area contributed by atoms with Crippen molar-refractivity contribution in [2.45, 2.75) is 13.0 Å². The predicted octanol–water partition coefficient (Wildman–Crippen LogP) is 3.49. The first-order valence-corrected chi connectivity index (χ1v) is 6.25. The van der Waals surface area contributed by atoms with Gasteiger partial charge in [0.15, 0.2) is 0 Å². The minimum Gasteiger partial charge on any atom is -0.385 e. The van der Waals surface area contributed by atoms with Crippen LogP contribution in [0.3, 0.4) is 0 Å². The van der Waals surface area contributed by atoms with Crippen molar-refractivity contribution in [3.63, 3.8) is 0 Å². The summed E-state index contributed by atoms with van der Waals surface area (Å²) in [5, 5.41) is 3.42. The van der Waals surface area contributed by atoms with Gasteiger partial charge >= 0.3 is 0 Å². The zero-order valence-corrected chi connectivity index (χ0v) is 10.7. The molecule has 2 aromatic rings. The molecule has 0 heterocycles. The first kappa shape index (κ1) is 12.7. The summed E-state index contributed by atoms with van der Waals surface area (Å²) in [6.07, 6.45) is 1.01. The van der Waals surface area contributed by atoms with E-state index in [9.17, 15) is 0 Å². The van der Waals surface area contributed by atoms with Gasteiger partial charge in [0, 0.05) is 19.3 Å². The van der Waals surface area contributed by atoms with Crippen LogP contribution < -0.4 is 5.32 Å². The van der Waals surface area contributed by atoms with Crippen molar-refractivity contribution in [2.24, 2.45) is 0 Å². The van der Waals surface area contributed by atoms with E-state index in [1.54, 1.807) is 7.11 Å². The molecular formula is C16H19NO. The Kier molecular flexibility index (Phi) is 4.79. The topological polar surface area (TPSA) is 21.3 Å². The number of hydrogen-bond donors (Lipinski definition) is 1. The number of nitrogens with one attached hydrogen (secondary N) is 1. The monoisotopic (exact) mass is 241 g/mol. The number of benzene rings is 2. The summed E-state index contributed by atoms with van der Waals surface area (Å²) in [7, 11) is 1.74. The second-order valence-electron chi connectivity index (χ2n) is 4.24. The van der Waals surface area contributed by atoms with Crippen molar-refractivity contribution in [1.82, 2.24) is 0 Å². The van der Waals surface area contributed by atoms with E-state index in [0.717, 1.165) is 13.0 Å². The molecule has 0 aromatic heterocycles. The molecule has 2 nitrogen and oxygen atoms in total. The molecule has 0 spiro atoms. The highest BCUT2D eigenvalue weighted by Crippen LogP contribution is 2.11. The third-order valence-electron chi connectivity index (χ3n) is 2.92. The molecule has 94 valence electrons. The molecule has 0 bridgehead atoms. The molecule has 0 amide bonds.